The quantitative estimate of drug-likeness (QED) is 0.792. The second-order valence-corrected chi connectivity index (χ2v) is 6.25. The first-order valence-corrected chi connectivity index (χ1v) is 8.86. The van der Waals surface area contributed by atoms with E-state index in [1.165, 1.54) is 5.01 Å². The minimum atomic E-state index is -0.730. The second kappa shape index (κ2) is 8.55. The number of hydrazine groups is 1. The Morgan fingerprint density at radius 3 is 2.52 bits per heavy atom. The van der Waals surface area contributed by atoms with E-state index < -0.39 is 12.1 Å². The average molecular weight is 387 g/mol. The molecule has 8 heteroatoms. The molecule has 0 radical (unpaired) electrons. The summed E-state index contributed by atoms with van der Waals surface area (Å²) in [6.45, 7) is 2.23. The SMILES string of the molecule is CCOC(=O)NNC(=O)N1CC(c2ccccc2)C(c2ccc(Cl)cc2)=N1. The predicted octanol–water partition coefficient (Wildman–Crippen LogP) is 3.51. The summed E-state index contributed by atoms with van der Waals surface area (Å²) >= 11 is 5.98. The van der Waals surface area contributed by atoms with Gasteiger partial charge in [-0.15, -0.1) is 0 Å². The van der Waals surface area contributed by atoms with E-state index in [1.807, 2.05) is 42.5 Å². The highest BCUT2D eigenvalue weighted by atomic mass is 35.5. The number of ether oxygens (including phenoxy) is 1. The zero-order valence-corrected chi connectivity index (χ0v) is 15.4. The van der Waals surface area contributed by atoms with Crippen molar-refractivity contribution in [3.05, 3.63) is 70.7 Å². The van der Waals surface area contributed by atoms with Crippen LogP contribution in [-0.4, -0.2) is 36.0 Å². The molecule has 140 valence electrons. The molecule has 2 aromatic rings. The molecular weight excluding hydrogens is 368 g/mol. The highest BCUT2D eigenvalue weighted by Gasteiger charge is 2.32. The van der Waals surface area contributed by atoms with Crippen molar-refractivity contribution in [1.29, 1.82) is 0 Å². The van der Waals surface area contributed by atoms with Crippen LogP contribution in [0, 0.1) is 0 Å². The summed E-state index contributed by atoms with van der Waals surface area (Å²) in [5.74, 6) is -0.0966. The Morgan fingerprint density at radius 1 is 1.15 bits per heavy atom. The van der Waals surface area contributed by atoms with E-state index in [1.54, 1.807) is 19.1 Å². The lowest BCUT2D eigenvalue weighted by atomic mass is 9.91. The number of urea groups is 1. The van der Waals surface area contributed by atoms with E-state index in [0.29, 0.717) is 11.6 Å². The fourth-order valence-electron chi connectivity index (χ4n) is 2.79. The van der Waals surface area contributed by atoms with Crippen LogP contribution in [0.15, 0.2) is 59.7 Å². The number of hydrogen-bond donors (Lipinski definition) is 2. The lowest BCUT2D eigenvalue weighted by Gasteiger charge is -2.16. The summed E-state index contributed by atoms with van der Waals surface area (Å²) in [4.78, 5) is 23.7. The van der Waals surface area contributed by atoms with Gasteiger partial charge in [0.1, 0.15) is 0 Å². The molecule has 0 spiro atoms. The van der Waals surface area contributed by atoms with Crippen LogP contribution < -0.4 is 10.9 Å². The van der Waals surface area contributed by atoms with Crippen molar-refractivity contribution >= 4 is 29.4 Å². The van der Waals surface area contributed by atoms with Gasteiger partial charge in [0.2, 0.25) is 0 Å². The summed E-state index contributed by atoms with van der Waals surface area (Å²) in [7, 11) is 0. The second-order valence-electron chi connectivity index (χ2n) is 5.81. The largest absolute Gasteiger partial charge is 0.449 e. The zero-order chi connectivity index (χ0) is 19.2. The first-order chi connectivity index (χ1) is 13.1. The number of halogens is 1. The normalized spacial score (nSPS) is 15.9. The average Bonchev–Trinajstić information content (AvgIpc) is 3.13. The van der Waals surface area contributed by atoms with Crippen LogP contribution in [0.2, 0.25) is 5.02 Å². The van der Waals surface area contributed by atoms with Gasteiger partial charge in [0.05, 0.1) is 18.9 Å². The number of hydrazone groups is 1. The summed E-state index contributed by atoms with van der Waals surface area (Å²) in [6.07, 6.45) is -0.730. The van der Waals surface area contributed by atoms with E-state index >= 15 is 0 Å². The number of amides is 3. The monoisotopic (exact) mass is 386 g/mol. The number of nitrogens with zero attached hydrogens (tertiary/aromatic N) is 2. The Labute approximate surface area is 161 Å². The fourth-order valence-corrected chi connectivity index (χ4v) is 2.92. The van der Waals surface area contributed by atoms with E-state index in [2.05, 4.69) is 16.0 Å². The molecular formula is C19H19ClN4O3. The van der Waals surface area contributed by atoms with Crippen molar-refractivity contribution in [2.45, 2.75) is 12.8 Å². The Kier molecular flexibility index (Phi) is 5.93. The Morgan fingerprint density at radius 2 is 1.85 bits per heavy atom. The molecule has 2 aromatic carbocycles. The van der Waals surface area contributed by atoms with E-state index in [-0.39, 0.29) is 12.5 Å². The molecule has 0 aromatic heterocycles. The Balaban J connectivity index is 1.81. The van der Waals surface area contributed by atoms with Crippen LogP contribution in [0.3, 0.4) is 0 Å². The highest BCUT2D eigenvalue weighted by Crippen LogP contribution is 2.29. The number of carbonyl (C=O) groups excluding carboxylic acids is 2. The van der Waals surface area contributed by atoms with Gasteiger partial charge in [0, 0.05) is 10.9 Å². The van der Waals surface area contributed by atoms with Crippen LogP contribution in [0.5, 0.6) is 0 Å². The Hall–Kier alpha value is -3.06. The van der Waals surface area contributed by atoms with Gasteiger partial charge >= 0.3 is 12.1 Å². The van der Waals surface area contributed by atoms with Crippen molar-refractivity contribution in [3.8, 4) is 0 Å². The molecule has 1 atom stereocenters. The van der Waals surface area contributed by atoms with Gasteiger partial charge in [-0.1, -0.05) is 54.1 Å². The van der Waals surface area contributed by atoms with E-state index in [4.69, 9.17) is 16.3 Å². The Bertz CT molecular complexity index is 840. The molecule has 3 rings (SSSR count). The first-order valence-electron chi connectivity index (χ1n) is 8.48. The molecule has 0 fully saturated rings. The summed E-state index contributed by atoms with van der Waals surface area (Å²) < 4.78 is 4.72. The minimum Gasteiger partial charge on any atom is -0.449 e. The van der Waals surface area contributed by atoms with E-state index in [9.17, 15) is 9.59 Å². The topological polar surface area (TPSA) is 83.0 Å². The molecule has 1 heterocycles. The third-order valence-electron chi connectivity index (χ3n) is 4.04. The van der Waals surface area contributed by atoms with Gasteiger partial charge in [0.25, 0.3) is 0 Å². The lowest BCUT2D eigenvalue weighted by Crippen LogP contribution is -2.47. The molecule has 1 unspecified atom stereocenters. The maximum absolute atomic E-state index is 12.4. The van der Waals surface area contributed by atoms with Crippen LogP contribution in [-0.2, 0) is 4.74 Å². The van der Waals surface area contributed by atoms with Gasteiger partial charge in [-0.25, -0.2) is 25.4 Å². The summed E-state index contributed by atoms with van der Waals surface area (Å²) in [5.41, 5.74) is 7.16. The molecule has 0 saturated heterocycles. The molecule has 7 nitrogen and oxygen atoms in total. The maximum Gasteiger partial charge on any atom is 0.426 e. The van der Waals surface area contributed by atoms with Crippen molar-refractivity contribution < 1.29 is 14.3 Å². The maximum atomic E-state index is 12.4. The van der Waals surface area contributed by atoms with Crippen LogP contribution in [0.4, 0.5) is 9.59 Å². The molecule has 0 aliphatic carbocycles. The summed E-state index contributed by atoms with van der Waals surface area (Å²) in [5, 5.41) is 6.38. The van der Waals surface area contributed by atoms with Crippen molar-refractivity contribution in [2.24, 2.45) is 5.10 Å². The van der Waals surface area contributed by atoms with Crippen molar-refractivity contribution in [3.63, 3.8) is 0 Å². The smallest absolute Gasteiger partial charge is 0.426 e. The van der Waals surface area contributed by atoms with Crippen LogP contribution >= 0.6 is 11.6 Å². The van der Waals surface area contributed by atoms with Crippen molar-refractivity contribution in [2.75, 3.05) is 13.2 Å². The zero-order valence-electron chi connectivity index (χ0n) is 14.7. The van der Waals surface area contributed by atoms with Crippen LogP contribution in [0.1, 0.15) is 24.0 Å². The molecule has 3 amide bonds. The van der Waals surface area contributed by atoms with Gasteiger partial charge in [-0.05, 0) is 30.2 Å². The predicted molar refractivity (Wildman–Crippen MR) is 103 cm³/mol. The van der Waals surface area contributed by atoms with Gasteiger partial charge in [-0.3, -0.25) is 0 Å². The molecule has 1 aliphatic heterocycles. The molecule has 2 N–H and O–H groups in total. The van der Waals surface area contributed by atoms with Gasteiger partial charge < -0.3 is 4.74 Å². The van der Waals surface area contributed by atoms with E-state index in [0.717, 1.165) is 16.8 Å². The molecule has 27 heavy (non-hydrogen) atoms. The number of rotatable bonds is 3. The number of benzene rings is 2. The fraction of sp³-hybridized carbons (Fsp3) is 0.211. The standard InChI is InChI=1S/C19H19ClN4O3/c1-2-27-19(26)22-21-18(25)24-12-16(13-6-4-3-5-7-13)17(23-24)14-8-10-15(20)11-9-14/h3-11,16H,2,12H2,1H3,(H,21,25)(H,22,26). The van der Waals surface area contributed by atoms with Crippen molar-refractivity contribution in [1.82, 2.24) is 15.9 Å². The third kappa shape index (κ3) is 4.57. The first kappa shape index (κ1) is 18.7. The third-order valence-corrected chi connectivity index (χ3v) is 4.29. The van der Waals surface area contributed by atoms with Gasteiger partial charge in [-0.2, -0.15) is 5.10 Å². The molecule has 1 aliphatic rings. The minimum absolute atomic E-state index is 0.0966. The lowest BCUT2D eigenvalue weighted by molar-refractivity contribution is 0.144. The number of nitrogens with one attached hydrogen (secondary N) is 2. The molecule has 0 saturated carbocycles. The number of carbonyl (C=O) groups is 2. The summed E-state index contributed by atoms with van der Waals surface area (Å²) in [6, 6.07) is 16.6. The highest BCUT2D eigenvalue weighted by molar-refractivity contribution is 6.30. The van der Waals surface area contributed by atoms with Crippen LogP contribution in [0.25, 0.3) is 0 Å². The van der Waals surface area contributed by atoms with Gasteiger partial charge in [0.15, 0.2) is 0 Å². The molecule has 0 bridgehead atoms. The number of hydrogen-bond acceptors (Lipinski definition) is 4.